The molecular weight excluding hydrogens is 206 g/mol. The van der Waals surface area contributed by atoms with Gasteiger partial charge in [-0.3, -0.25) is 4.79 Å². The Bertz CT molecular complexity index is 468. The Hall–Kier alpha value is -1.48. The van der Waals surface area contributed by atoms with Crippen molar-refractivity contribution in [3.63, 3.8) is 0 Å². The minimum Gasteiger partial charge on any atom is -0.288 e. The van der Waals surface area contributed by atoms with Gasteiger partial charge >= 0.3 is 0 Å². The molecule has 0 saturated carbocycles. The lowest BCUT2D eigenvalue weighted by atomic mass is 9.97. The highest BCUT2D eigenvalue weighted by molar-refractivity contribution is 7.03. The van der Waals surface area contributed by atoms with Gasteiger partial charge in [0.05, 0.1) is 11.8 Å². The van der Waals surface area contributed by atoms with Crippen LogP contribution in [0.1, 0.15) is 27.0 Å². The smallest absolute Gasteiger partial charge is 0.196 e. The summed E-state index contributed by atoms with van der Waals surface area (Å²) in [6, 6.07) is 5.88. The third-order valence-electron chi connectivity index (χ3n) is 2.40. The molecule has 3 heteroatoms. The zero-order valence-corrected chi connectivity index (χ0v) is 9.47. The van der Waals surface area contributed by atoms with Crippen molar-refractivity contribution in [2.24, 2.45) is 0 Å². The van der Waals surface area contributed by atoms with E-state index in [0.717, 1.165) is 16.7 Å². The summed E-state index contributed by atoms with van der Waals surface area (Å²) in [4.78, 5) is 12.1. The first-order chi connectivity index (χ1) is 7.20. The predicted molar refractivity (Wildman–Crippen MR) is 61.5 cm³/mol. The number of aromatic nitrogens is 1. The molecule has 0 spiro atoms. The number of benzene rings is 1. The van der Waals surface area contributed by atoms with Gasteiger partial charge in [-0.15, -0.1) is 0 Å². The number of carbonyl (C=O) groups is 1. The fourth-order valence-electron chi connectivity index (χ4n) is 1.63. The average molecular weight is 217 g/mol. The average Bonchev–Trinajstić information content (AvgIpc) is 2.69. The van der Waals surface area contributed by atoms with Crippen LogP contribution >= 0.6 is 11.5 Å². The maximum atomic E-state index is 12.1. The summed E-state index contributed by atoms with van der Waals surface area (Å²) in [6.45, 7) is 3.92. The third kappa shape index (κ3) is 1.83. The summed E-state index contributed by atoms with van der Waals surface area (Å²) in [5.74, 6) is 0.0688. The van der Waals surface area contributed by atoms with Crippen LogP contribution in [0.3, 0.4) is 0 Å². The van der Waals surface area contributed by atoms with Crippen molar-refractivity contribution < 1.29 is 4.79 Å². The second-order valence-corrected chi connectivity index (χ2v) is 4.17. The SMILES string of the molecule is Cc1cccc(C)c1C(=O)c1cnsc1. The van der Waals surface area contributed by atoms with E-state index >= 15 is 0 Å². The number of hydrogen-bond donors (Lipinski definition) is 0. The molecule has 1 heterocycles. The Kier molecular flexibility index (Phi) is 2.64. The van der Waals surface area contributed by atoms with E-state index in [1.807, 2.05) is 32.0 Å². The van der Waals surface area contributed by atoms with Gasteiger partial charge in [-0.2, -0.15) is 0 Å². The Morgan fingerprint density at radius 1 is 1.27 bits per heavy atom. The molecule has 0 aliphatic rings. The molecule has 0 unspecified atom stereocenters. The largest absolute Gasteiger partial charge is 0.288 e. The normalized spacial score (nSPS) is 10.3. The van der Waals surface area contributed by atoms with Crippen molar-refractivity contribution in [3.05, 3.63) is 52.0 Å². The highest BCUT2D eigenvalue weighted by Crippen LogP contribution is 2.18. The van der Waals surface area contributed by atoms with Gasteiger partial charge in [-0.25, -0.2) is 4.37 Å². The van der Waals surface area contributed by atoms with Crippen LogP contribution in [0.25, 0.3) is 0 Å². The molecule has 0 fully saturated rings. The number of rotatable bonds is 2. The van der Waals surface area contributed by atoms with E-state index in [9.17, 15) is 4.79 Å². The molecule has 0 aliphatic carbocycles. The van der Waals surface area contributed by atoms with E-state index in [-0.39, 0.29) is 5.78 Å². The lowest BCUT2D eigenvalue weighted by Crippen LogP contribution is -2.04. The van der Waals surface area contributed by atoms with Gasteiger partial charge in [0.1, 0.15) is 0 Å². The lowest BCUT2D eigenvalue weighted by Gasteiger charge is -2.06. The maximum Gasteiger partial charge on any atom is 0.196 e. The number of nitrogens with zero attached hydrogens (tertiary/aromatic N) is 1. The Morgan fingerprint density at radius 2 is 1.93 bits per heavy atom. The van der Waals surface area contributed by atoms with Crippen molar-refractivity contribution in [1.29, 1.82) is 0 Å². The first-order valence-corrected chi connectivity index (χ1v) is 5.54. The summed E-state index contributed by atoms with van der Waals surface area (Å²) in [5, 5.41) is 1.79. The van der Waals surface area contributed by atoms with E-state index in [1.165, 1.54) is 11.5 Å². The van der Waals surface area contributed by atoms with Gasteiger partial charge in [-0.1, -0.05) is 18.2 Å². The molecule has 76 valence electrons. The standard InChI is InChI=1S/C12H11NOS/c1-8-4-3-5-9(2)11(8)12(14)10-6-13-15-7-10/h3-7H,1-2H3. The van der Waals surface area contributed by atoms with Crippen molar-refractivity contribution in [1.82, 2.24) is 4.37 Å². The zero-order valence-electron chi connectivity index (χ0n) is 8.65. The quantitative estimate of drug-likeness (QED) is 0.724. The topological polar surface area (TPSA) is 30.0 Å². The van der Waals surface area contributed by atoms with Crippen LogP contribution in [-0.2, 0) is 0 Å². The predicted octanol–water partition coefficient (Wildman–Crippen LogP) is 2.99. The minimum absolute atomic E-state index is 0.0688. The molecule has 15 heavy (non-hydrogen) atoms. The monoisotopic (exact) mass is 217 g/mol. The van der Waals surface area contributed by atoms with Gasteiger partial charge < -0.3 is 0 Å². The number of aryl methyl sites for hydroxylation is 2. The second kappa shape index (κ2) is 3.95. The van der Waals surface area contributed by atoms with Crippen molar-refractivity contribution in [3.8, 4) is 0 Å². The number of ketones is 1. The fraction of sp³-hybridized carbons (Fsp3) is 0.167. The van der Waals surface area contributed by atoms with Gasteiger partial charge in [0.15, 0.2) is 5.78 Å². The van der Waals surface area contributed by atoms with Crippen molar-refractivity contribution >= 4 is 17.3 Å². The number of carbonyl (C=O) groups excluding carboxylic acids is 1. The molecule has 1 aromatic carbocycles. The Labute approximate surface area is 92.7 Å². The summed E-state index contributed by atoms with van der Waals surface area (Å²) < 4.78 is 3.95. The van der Waals surface area contributed by atoms with Crippen LogP contribution < -0.4 is 0 Å². The van der Waals surface area contributed by atoms with Gasteiger partial charge in [0.25, 0.3) is 0 Å². The molecule has 0 amide bonds. The van der Waals surface area contributed by atoms with Crippen LogP contribution in [0, 0.1) is 13.8 Å². The molecule has 0 bridgehead atoms. The van der Waals surface area contributed by atoms with Crippen LogP contribution in [0.4, 0.5) is 0 Å². The first kappa shape index (κ1) is 10.1. The highest BCUT2D eigenvalue weighted by Gasteiger charge is 2.14. The second-order valence-electron chi connectivity index (χ2n) is 3.51. The third-order valence-corrected chi connectivity index (χ3v) is 2.99. The molecule has 2 aromatic rings. The van der Waals surface area contributed by atoms with Crippen molar-refractivity contribution in [2.45, 2.75) is 13.8 Å². The van der Waals surface area contributed by atoms with Gasteiger partial charge in [0, 0.05) is 10.9 Å². The van der Waals surface area contributed by atoms with Crippen molar-refractivity contribution in [2.75, 3.05) is 0 Å². The maximum absolute atomic E-state index is 12.1. The van der Waals surface area contributed by atoms with Crippen LogP contribution in [0.2, 0.25) is 0 Å². The van der Waals surface area contributed by atoms with Crippen LogP contribution in [0.5, 0.6) is 0 Å². The zero-order chi connectivity index (χ0) is 10.8. The molecule has 0 aliphatic heterocycles. The molecule has 0 radical (unpaired) electrons. The molecule has 0 N–H and O–H groups in total. The summed E-state index contributed by atoms with van der Waals surface area (Å²) in [7, 11) is 0. The van der Waals surface area contributed by atoms with E-state index < -0.39 is 0 Å². The summed E-state index contributed by atoms with van der Waals surface area (Å²) in [6.07, 6.45) is 1.62. The van der Waals surface area contributed by atoms with E-state index in [4.69, 9.17) is 0 Å². The molecule has 0 saturated heterocycles. The minimum atomic E-state index is 0.0688. The first-order valence-electron chi connectivity index (χ1n) is 4.70. The molecular formula is C12H11NOS. The van der Waals surface area contributed by atoms with Crippen LogP contribution in [0.15, 0.2) is 29.8 Å². The van der Waals surface area contributed by atoms with E-state index in [1.54, 1.807) is 11.6 Å². The fourth-order valence-corrected chi connectivity index (χ4v) is 2.15. The molecule has 1 aromatic heterocycles. The number of hydrogen-bond acceptors (Lipinski definition) is 3. The highest BCUT2D eigenvalue weighted by atomic mass is 32.1. The van der Waals surface area contributed by atoms with Crippen LogP contribution in [-0.4, -0.2) is 10.2 Å². The van der Waals surface area contributed by atoms with Gasteiger partial charge in [0.2, 0.25) is 0 Å². The molecule has 2 rings (SSSR count). The Morgan fingerprint density at radius 3 is 2.47 bits per heavy atom. The molecule has 0 atom stereocenters. The lowest BCUT2D eigenvalue weighted by molar-refractivity contribution is 0.103. The summed E-state index contributed by atoms with van der Waals surface area (Å²) >= 11 is 1.30. The Balaban J connectivity index is 2.51. The van der Waals surface area contributed by atoms with E-state index in [0.29, 0.717) is 5.56 Å². The molecule has 2 nitrogen and oxygen atoms in total. The van der Waals surface area contributed by atoms with Gasteiger partial charge in [-0.05, 0) is 36.5 Å². The summed E-state index contributed by atoms with van der Waals surface area (Å²) in [5.41, 5.74) is 3.52. The van der Waals surface area contributed by atoms with E-state index in [2.05, 4.69) is 4.37 Å².